The van der Waals surface area contributed by atoms with Gasteiger partial charge in [-0.3, -0.25) is 19.1 Å². The number of aryl methyl sites for hydroxylation is 1. The molecule has 11 nitrogen and oxygen atoms in total. The highest BCUT2D eigenvalue weighted by Crippen LogP contribution is 2.47. The quantitative estimate of drug-likeness (QED) is 0.136. The Balaban J connectivity index is 1.16. The third-order valence-corrected chi connectivity index (χ3v) is 10.7. The van der Waals surface area contributed by atoms with Gasteiger partial charge in [0.05, 0.1) is 34.6 Å². The smallest absolute Gasteiger partial charge is 0.330 e. The van der Waals surface area contributed by atoms with E-state index in [1.165, 1.54) is 17.5 Å². The third-order valence-electron chi connectivity index (χ3n) is 8.54. The van der Waals surface area contributed by atoms with Crippen molar-refractivity contribution in [2.45, 2.75) is 50.1 Å². The minimum atomic E-state index is -0.944. The van der Waals surface area contributed by atoms with Crippen molar-refractivity contribution in [1.82, 2.24) is 9.55 Å². The van der Waals surface area contributed by atoms with Crippen LogP contribution in [0, 0.1) is 11.8 Å². The lowest BCUT2D eigenvalue weighted by Gasteiger charge is -2.22. The number of aliphatic hydroxyl groups excluding tert-OH is 3. The highest BCUT2D eigenvalue weighted by Gasteiger charge is 2.37. The number of benzene rings is 2. The summed E-state index contributed by atoms with van der Waals surface area (Å²) in [5.41, 5.74) is 1.89. The molecule has 1 fully saturated rings. The number of aliphatic hydroxyl groups is 3. The van der Waals surface area contributed by atoms with Gasteiger partial charge in [0.15, 0.2) is 0 Å². The van der Waals surface area contributed by atoms with E-state index in [0.29, 0.717) is 17.7 Å². The molecule has 7 rings (SSSR count). The van der Waals surface area contributed by atoms with Gasteiger partial charge in [-0.15, -0.1) is 0 Å². The molecule has 0 unspecified atom stereocenters. The Morgan fingerprint density at radius 2 is 1.94 bits per heavy atom. The molecule has 1 saturated heterocycles. The molecular weight excluding hydrogens is 653 g/mol. The van der Waals surface area contributed by atoms with Crippen LogP contribution in [0.15, 0.2) is 91.2 Å². The number of nitrogens with zero attached hydrogens (tertiary/aromatic N) is 3. The minimum Gasteiger partial charge on any atom is -0.506 e. The number of rotatable bonds is 6. The van der Waals surface area contributed by atoms with Gasteiger partial charge in [0.25, 0.3) is 10.6 Å². The van der Waals surface area contributed by atoms with E-state index in [1.54, 1.807) is 23.9 Å². The van der Waals surface area contributed by atoms with Gasteiger partial charge in [0.2, 0.25) is 11.3 Å². The number of para-hydroxylation sites is 1. The van der Waals surface area contributed by atoms with E-state index in [9.17, 15) is 29.7 Å². The van der Waals surface area contributed by atoms with Crippen molar-refractivity contribution in [2.24, 2.45) is 0 Å². The maximum Gasteiger partial charge on any atom is 0.330 e. The largest absolute Gasteiger partial charge is 0.506 e. The molecule has 2 aliphatic heterocycles. The summed E-state index contributed by atoms with van der Waals surface area (Å²) in [6.45, 7) is 5.02. The van der Waals surface area contributed by atoms with E-state index in [2.05, 4.69) is 26.3 Å². The molecule has 0 saturated carbocycles. The number of fused-ring (bicyclic) bond motifs is 2. The van der Waals surface area contributed by atoms with Crippen molar-refractivity contribution in [3.8, 4) is 11.8 Å². The Bertz CT molecular complexity index is 2270. The Morgan fingerprint density at radius 1 is 1.12 bits per heavy atom. The van der Waals surface area contributed by atoms with Gasteiger partial charge >= 0.3 is 5.69 Å². The van der Waals surface area contributed by atoms with Crippen LogP contribution in [0.1, 0.15) is 42.6 Å². The summed E-state index contributed by atoms with van der Waals surface area (Å²) in [6.07, 6.45) is 2.25. The molecule has 0 radical (unpaired) electrons. The van der Waals surface area contributed by atoms with Gasteiger partial charge in [-0.05, 0) is 44.2 Å². The molecule has 0 amide bonds. The summed E-state index contributed by atoms with van der Waals surface area (Å²) in [5, 5.41) is 32.1. The average Bonchev–Trinajstić information content (AvgIpc) is 3.76. The van der Waals surface area contributed by atoms with Gasteiger partial charge in [-0.2, -0.15) is 4.57 Å². The van der Waals surface area contributed by atoms with Crippen LogP contribution in [0.3, 0.4) is 0 Å². The zero-order chi connectivity index (χ0) is 33.7. The number of thioether (sulfide) groups is 1. The lowest BCUT2D eigenvalue weighted by atomic mass is 9.88. The van der Waals surface area contributed by atoms with Crippen molar-refractivity contribution < 1.29 is 29.4 Å². The molecule has 4 aromatic rings. The zero-order valence-corrected chi connectivity index (χ0v) is 27.6. The number of allylic oxidation sites excluding steroid dienone is 3. The van der Waals surface area contributed by atoms with Crippen LogP contribution in [0.4, 0.5) is 5.69 Å². The summed E-state index contributed by atoms with van der Waals surface area (Å²) < 4.78 is 9.69. The lowest BCUT2D eigenvalue weighted by Crippen LogP contribution is -2.34. The predicted molar refractivity (Wildman–Crippen MR) is 183 cm³/mol. The number of hydrogen-bond acceptors (Lipinski definition) is 10. The number of thiazole rings is 1. The molecule has 48 heavy (non-hydrogen) atoms. The number of H-pyrrole nitrogens is 1. The first-order valence-electron chi connectivity index (χ1n) is 15.4. The SMILES string of the molecule is CCN1/C(=C/C2=C(O)C(=C/c3sc4cc(C#Cc5cn([C@H]6C[C@H](O)[C@@H](CO)O6)c(=O)[nH]c5=O)ccc4[n+]3CC)/C2=O)Sc2ccccc21. The van der Waals surface area contributed by atoms with Crippen LogP contribution in [0.25, 0.3) is 16.3 Å². The number of Topliss-reactive ketones (excluding diaryl/α,β-unsaturated/α-hetero) is 1. The van der Waals surface area contributed by atoms with Gasteiger partial charge in [0, 0.05) is 41.8 Å². The summed E-state index contributed by atoms with van der Waals surface area (Å²) >= 11 is 3.03. The van der Waals surface area contributed by atoms with E-state index in [1.807, 2.05) is 56.3 Å². The first-order valence-corrected chi connectivity index (χ1v) is 17.1. The second-order valence-corrected chi connectivity index (χ2v) is 13.5. The molecule has 2 aromatic carbocycles. The van der Waals surface area contributed by atoms with Crippen LogP contribution < -0.4 is 20.7 Å². The van der Waals surface area contributed by atoms with E-state index < -0.39 is 36.3 Å². The molecule has 1 aliphatic carbocycles. The molecule has 3 atom stereocenters. The van der Waals surface area contributed by atoms with Crippen LogP contribution in [-0.4, -0.2) is 56.0 Å². The van der Waals surface area contributed by atoms with Gasteiger partial charge in [-0.1, -0.05) is 47.1 Å². The number of hydrogen-bond donors (Lipinski definition) is 4. The highest BCUT2D eigenvalue weighted by molar-refractivity contribution is 8.03. The second kappa shape index (κ2) is 12.7. The van der Waals surface area contributed by atoms with Crippen molar-refractivity contribution in [3.63, 3.8) is 0 Å². The fraction of sp³-hybridized carbons (Fsp3) is 0.257. The van der Waals surface area contributed by atoms with E-state index >= 15 is 0 Å². The van der Waals surface area contributed by atoms with E-state index in [-0.39, 0.29) is 29.1 Å². The van der Waals surface area contributed by atoms with E-state index in [4.69, 9.17) is 4.74 Å². The van der Waals surface area contributed by atoms with Crippen molar-refractivity contribution in [2.75, 3.05) is 18.1 Å². The molecule has 4 heterocycles. The first kappa shape index (κ1) is 31.9. The standard InChI is InChI=1S/C35H30N4O7S2/c1-3-37-23-7-5-6-8-27(23)47-30(37)14-21-32(42)22(33(21)43)15-31-38(4-2)24-12-10-19(13-28(24)48-31)9-11-20-17-39(35(45)36-34(20)44)29-16-25(41)26(18-40)46-29/h5-8,10,12-15,17,25-26,29,40-41H,3-4,16,18H2,1-2H3,(H-,36,42,43,44,45)/p+1/t25-,26+,29+/m0/s1. The highest BCUT2D eigenvalue weighted by atomic mass is 32.2. The molecule has 0 spiro atoms. The Morgan fingerprint density at radius 3 is 2.67 bits per heavy atom. The number of carbonyl (C=O) groups is 1. The fourth-order valence-electron chi connectivity index (χ4n) is 6.04. The molecule has 2 aromatic heterocycles. The Labute approximate surface area is 282 Å². The predicted octanol–water partition coefficient (Wildman–Crippen LogP) is 3.35. The molecule has 4 N–H and O–H groups in total. The fourth-order valence-corrected chi connectivity index (χ4v) is 8.42. The van der Waals surface area contributed by atoms with Crippen molar-refractivity contribution in [1.29, 1.82) is 0 Å². The number of aromatic nitrogens is 3. The summed E-state index contributed by atoms with van der Waals surface area (Å²) in [4.78, 5) is 43.7. The minimum absolute atomic E-state index is 0.0253. The Kier molecular flexibility index (Phi) is 8.44. The average molecular weight is 684 g/mol. The number of ether oxygens (including phenoxy) is 1. The second-order valence-electron chi connectivity index (χ2n) is 11.4. The molecule has 244 valence electrons. The monoisotopic (exact) mass is 683 g/mol. The van der Waals surface area contributed by atoms with Gasteiger partial charge in [-0.25, -0.2) is 4.79 Å². The first-order chi connectivity index (χ1) is 23.2. The number of ketones is 1. The number of aromatic amines is 1. The summed E-state index contributed by atoms with van der Waals surface area (Å²) in [6, 6.07) is 13.7. The zero-order valence-electron chi connectivity index (χ0n) is 26.0. The van der Waals surface area contributed by atoms with E-state index in [0.717, 1.165) is 41.9 Å². The van der Waals surface area contributed by atoms with Crippen molar-refractivity contribution >= 4 is 50.9 Å². The van der Waals surface area contributed by atoms with Crippen LogP contribution >= 0.6 is 23.1 Å². The summed E-state index contributed by atoms with van der Waals surface area (Å²) in [5.74, 6) is 5.59. The molecule has 0 bridgehead atoms. The molecule has 3 aliphatic rings. The van der Waals surface area contributed by atoms with Crippen LogP contribution in [0.5, 0.6) is 0 Å². The molecular formula is C35H31N4O7S2+. The molecule has 13 heteroatoms. The number of nitrogens with one attached hydrogen (secondary N) is 1. The topological polar surface area (TPSA) is 149 Å². The maximum absolute atomic E-state index is 13.3. The van der Waals surface area contributed by atoms with Crippen molar-refractivity contribution in [3.05, 3.63) is 114 Å². The lowest BCUT2D eigenvalue weighted by molar-refractivity contribution is -0.665. The van der Waals surface area contributed by atoms with Gasteiger partial charge < -0.3 is 25.0 Å². The van der Waals surface area contributed by atoms with Crippen LogP contribution in [-0.2, 0) is 16.1 Å². The Hall–Kier alpha value is -4.71. The normalized spacial score (nSPS) is 22.0. The maximum atomic E-state index is 13.3. The third kappa shape index (κ3) is 5.51. The van der Waals surface area contributed by atoms with Gasteiger partial charge in [0.1, 0.15) is 34.9 Å². The summed E-state index contributed by atoms with van der Waals surface area (Å²) in [7, 11) is 0. The van der Waals surface area contributed by atoms with Crippen LogP contribution in [0.2, 0.25) is 0 Å². The number of carbonyl (C=O) groups excluding carboxylic acids is 1. The number of anilines is 1.